The lowest BCUT2D eigenvalue weighted by molar-refractivity contribution is 0.102. The third-order valence-corrected chi connectivity index (χ3v) is 3.25. The summed E-state index contributed by atoms with van der Waals surface area (Å²) in [5, 5.41) is 3.57. The van der Waals surface area contributed by atoms with E-state index in [1.54, 1.807) is 18.3 Å². The minimum Gasteiger partial charge on any atom is -0.494 e. The number of hydrogen-bond acceptors (Lipinski definition) is 2. The Labute approximate surface area is 120 Å². The summed E-state index contributed by atoms with van der Waals surface area (Å²) in [4.78, 5) is 15.5. The van der Waals surface area contributed by atoms with Crippen molar-refractivity contribution in [1.29, 1.82) is 0 Å². The SMILES string of the molecule is COc1cc(F)ccc1NC(=O)c1cccc2[nH]ccc12. The number of anilines is 1. The number of rotatable bonds is 3. The predicted molar refractivity (Wildman–Crippen MR) is 79.2 cm³/mol. The molecule has 0 fully saturated rings. The van der Waals surface area contributed by atoms with E-state index in [0.29, 0.717) is 11.3 Å². The molecule has 2 N–H and O–H groups in total. The highest BCUT2D eigenvalue weighted by Crippen LogP contribution is 2.26. The minimum absolute atomic E-state index is 0.273. The molecule has 3 aromatic rings. The summed E-state index contributed by atoms with van der Waals surface area (Å²) in [6, 6.07) is 11.2. The molecule has 4 nitrogen and oxygen atoms in total. The van der Waals surface area contributed by atoms with E-state index in [4.69, 9.17) is 4.74 Å². The van der Waals surface area contributed by atoms with Crippen molar-refractivity contribution in [1.82, 2.24) is 4.98 Å². The fraction of sp³-hybridized carbons (Fsp3) is 0.0625. The number of halogens is 1. The van der Waals surface area contributed by atoms with Crippen molar-refractivity contribution in [2.75, 3.05) is 12.4 Å². The van der Waals surface area contributed by atoms with Crippen LogP contribution in [0.3, 0.4) is 0 Å². The number of carbonyl (C=O) groups excluding carboxylic acids is 1. The number of methoxy groups -OCH3 is 1. The molecule has 0 saturated heterocycles. The second-order valence-corrected chi connectivity index (χ2v) is 4.54. The van der Waals surface area contributed by atoms with Gasteiger partial charge in [-0.25, -0.2) is 4.39 Å². The number of aromatic nitrogens is 1. The van der Waals surface area contributed by atoms with Crippen LogP contribution in [0.2, 0.25) is 0 Å². The number of aromatic amines is 1. The Morgan fingerprint density at radius 3 is 2.90 bits per heavy atom. The average molecular weight is 284 g/mol. The molecule has 106 valence electrons. The van der Waals surface area contributed by atoms with Gasteiger partial charge in [0.2, 0.25) is 0 Å². The van der Waals surface area contributed by atoms with E-state index in [1.807, 2.05) is 12.1 Å². The first kappa shape index (κ1) is 13.2. The van der Waals surface area contributed by atoms with Crippen molar-refractivity contribution in [3.8, 4) is 5.75 Å². The topological polar surface area (TPSA) is 54.1 Å². The van der Waals surface area contributed by atoms with E-state index in [2.05, 4.69) is 10.3 Å². The molecule has 0 unspecified atom stereocenters. The third kappa shape index (κ3) is 2.45. The summed E-state index contributed by atoms with van der Waals surface area (Å²) < 4.78 is 18.2. The molecule has 1 heterocycles. The monoisotopic (exact) mass is 284 g/mol. The van der Waals surface area contributed by atoms with Crippen molar-refractivity contribution < 1.29 is 13.9 Å². The molecule has 21 heavy (non-hydrogen) atoms. The van der Waals surface area contributed by atoms with Crippen molar-refractivity contribution in [3.63, 3.8) is 0 Å². The Hall–Kier alpha value is -2.82. The van der Waals surface area contributed by atoms with Gasteiger partial charge < -0.3 is 15.0 Å². The largest absolute Gasteiger partial charge is 0.494 e. The molecule has 0 aliphatic rings. The molecule has 0 spiro atoms. The maximum absolute atomic E-state index is 13.2. The van der Waals surface area contributed by atoms with Gasteiger partial charge in [-0.15, -0.1) is 0 Å². The molecular weight excluding hydrogens is 271 g/mol. The van der Waals surface area contributed by atoms with Crippen LogP contribution in [0.5, 0.6) is 5.75 Å². The van der Waals surface area contributed by atoms with Gasteiger partial charge in [0, 0.05) is 28.7 Å². The number of carbonyl (C=O) groups is 1. The van der Waals surface area contributed by atoms with Gasteiger partial charge >= 0.3 is 0 Å². The van der Waals surface area contributed by atoms with Crippen LogP contribution in [0.25, 0.3) is 10.9 Å². The van der Waals surface area contributed by atoms with Crippen molar-refractivity contribution in [3.05, 3.63) is 60.0 Å². The van der Waals surface area contributed by atoms with Crippen LogP contribution in [-0.2, 0) is 0 Å². The zero-order valence-electron chi connectivity index (χ0n) is 11.3. The van der Waals surface area contributed by atoms with Crippen molar-refractivity contribution in [2.45, 2.75) is 0 Å². The number of amides is 1. The van der Waals surface area contributed by atoms with Gasteiger partial charge in [0.05, 0.1) is 12.8 Å². The van der Waals surface area contributed by atoms with Crippen LogP contribution in [0.15, 0.2) is 48.7 Å². The summed E-state index contributed by atoms with van der Waals surface area (Å²) in [6.45, 7) is 0. The fourth-order valence-corrected chi connectivity index (χ4v) is 2.24. The first-order valence-corrected chi connectivity index (χ1v) is 6.40. The molecule has 2 aromatic carbocycles. The first-order chi connectivity index (χ1) is 10.2. The van der Waals surface area contributed by atoms with Gasteiger partial charge in [0.15, 0.2) is 0 Å². The maximum atomic E-state index is 13.2. The van der Waals surface area contributed by atoms with Gasteiger partial charge in [-0.05, 0) is 30.3 Å². The fourth-order valence-electron chi connectivity index (χ4n) is 2.24. The summed E-state index contributed by atoms with van der Waals surface area (Å²) in [5.41, 5.74) is 1.85. The minimum atomic E-state index is -0.419. The lowest BCUT2D eigenvalue weighted by atomic mass is 10.1. The number of ether oxygens (including phenoxy) is 1. The van der Waals surface area contributed by atoms with E-state index < -0.39 is 5.82 Å². The molecule has 0 radical (unpaired) electrons. The molecule has 0 aliphatic heterocycles. The van der Waals surface area contributed by atoms with Gasteiger partial charge in [0.1, 0.15) is 11.6 Å². The van der Waals surface area contributed by atoms with Crippen LogP contribution in [0.1, 0.15) is 10.4 Å². The first-order valence-electron chi connectivity index (χ1n) is 6.40. The number of H-pyrrole nitrogens is 1. The van der Waals surface area contributed by atoms with E-state index in [1.165, 1.54) is 25.3 Å². The molecule has 0 aliphatic carbocycles. The Bertz CT molecular complexity index is 811. The Balaban J connectivity index is 1.95. The molecular formula is C16H13FN2O2. The molecule has 3 rings (SSSR count). The van der Waals surface area contributed by atoms with E-state index >= 15 is 0 Å². The van der Waals surface area contributed by atoms with Crippen molar-refractivity contribution >= 4 is 22.5 Å². The van der Waals surface area contributed by atoms with E-state index in [0.717, 1.165) is 10.9 Å². The standard InChI is InChI=1S/C16H13FN2O2/c1-21-15-9-10(17)5-6-14(15)19-16(20)12-3-2-4-13-11(12)7-8-18-13/h2-9,18H,1H3,(H,19,20). The number of hydrogen-bond donors (Lipinski definition) is 2. The summed E-state index contributed by atoms with van der Waals surface area (Å²) in [7, 11) is 1.43. The molecule has 0 bridgehead atoms. The summed E-state index contributed by atoms with van der Waals surface area (Å²) >= 11 is 0. The third-order valence-electron chi connectivity index (χ3n) is 3.25. The summed E-state index contributed by atoms with van der Waals surface area (Å²) in [5.74, 6) is -0.410. The average Bonchev–Trinajstić information content (AvgIpc) is 2.97. The Morgan fingerprint density at radius 2 is 2.10 bits per heavy atom. The molecule has 0 atom stereocenters. The van der Waals surface area contributed by atoms with Crippen LogP contribution in [0, 0.1) is 5.82 Å². The highest BCUT2D eigenvalue weighted by atomic mass is 19.1. The number of fused-ring (bicyclic) bond motifs is 1. The highest BCUT2D eigenvalue weighted by molar-refractivity contribution is 6.12. The Kier molecular flexibility index (Phi) is 3.31. The van der Waals surface area contributed by atoms with E-state index in [9.17, 15) is 9.18 Å². The second-order valence-electron chi connectivity index (χ2n) is 4.54. The molecule has 0 saturated carbocycles. The molecule has 1 aromatic heterocycles. The zero-order valence-corrected chi connectivity index (χ0v) is 11.3. The van der Waals surface area contributed by atoms with Gasteiger partial charge in [-0.1, -0.05) is 6.07 Å². The molecule has 5 heteroatoms. The van der Waals surface area contributed by atoms with Crippen molar-refractivity contribution in [2.24, 2.45) is 0 Å². The van der Waals surface area contributed by atoms with Gasteiger partial charge in [0.25, 0.3) is 5.91 Å². The smallest absolute Gasteiger partial charge is 0.256 e. The van der Waals surface area contributed by atoms with Gasteiger partial charge in [-0.3, -0.25) is 4.79 Å². The Morgan fingerprint density at radius 1 is 1.24 bits per heavy atom. The molecule has 1 amide bonds. The summed E-state index contributed by atoms with van der Waals surface area (Å²) in [6.07, 6.45) is 1.78. The van der Waals surface area contributed by atoms with Gasteiger partial charge in [-0.2, -0.15) is 0 Å². The maximum Gasteiger partial charge on any atom is 0.256 e. The second kappa shape index (κ2) is 5.28. The lowest BCUT2D eigenvalue weighted by Crippen LogP contribution is -2.13. The predicted octanol–water partition coefficient (Wildman–Crippen LogP) is 3.57. The lowest BCUT2D eigenvalue weighted by Gasteiger charge is -2.10. The van der Waals surface area contributed by atoms with E-state index in [-0.39, 0.29) is 11.7 Å². The number of benzene rings is 2. The highest BCUT2D eigenvalue weighted by Gasteiger charge is 2.13. The van der Waals surface area contributed by atoms with Crippen LogP contribution in [-0.4, -0.2) is 18.0 Å². The van der Waals surface area contributed by atoms with Crippen LogP contribution < -0.4 is 10.1 Å². The quantitative estimate of drug-likeness (QED) is 0.772. The van der Waals surface area contributed by atoms with Crippen LogP contribution >= 0.6 is 0 Å². The normalized spacial score (nSPS) is 10.6. The zero-order chi connectivity index (χ0) is 14.8. The number of nitrogens with one attached hydrogen (secondary N) is 2. The van der Waals surface area contributed by atoms with Crippen LogP contribution in [0.4, 0.5) is 10.1 Å².